The van der Waals surface area contributed by atoms with Crippen LogP contribution in [0.3, 0.4) is 0 Å². The van der Waals surface area contributed by atoms with E-state index in [0.717, 1.165) is 5.69 Å². The highest BCUT2D eigenvalue weighted by Crippen LogP contribution is 2.14. The summed E-state index contributed by atoms with van der Waals surface area (Å²) in [4.78, 5) is 8.41. The van der Waals surface area contributed by atoms with E-state index in [1.165, 1.54) is 12.4 Å². The second-order valence-corrected chi connectivity index (χ2v) is 3.98. The average Bonchev–Trinajstić information content (AvgIpc) is 2.59. The fourth-order valence-corrected chi connectivity index (χ4v) is 1.36. The predicted molar refractivity (Wildman–Crippen MR) is 64.8 cm³/mol. The molecule has 0 saturated carbocycles. The van der Waals surface area contributed by atoms with Crippen molar-refractivity contribution < 1.29 is 0 Å². The van der Waals surface area contributed by atoms with Crippen molar-refractivity contribution in [2.75, 3.05) is 0 Å². The van der Waals surface area contributed by atoms with E-state index in [1.807, 2.05) is 6.92 Å². The van der Waals surface area contributed by atoms with Gasteiger partial charge in [0.15, 0.2) is 5.82 Å². The van der Waals surface area contributed by atoms with Crippen molar-refractivity contribution in [3.8, 4) is 5.82 Å². The predicted octanol–water partition coefficient (Wildman–Crippen LogP) is 1.26. The number of nitrogens with zero attached hydrogens (tertiary/aromatic N) is 4. The molecule has 2 N–H and O–H groups in total. The van der Waals surface area contributed by atoms with Crippen LogP contribution in [-0.4, -0.2) is 24.7 Å². The number of aryl methyl sites for hydroxylation is 1. The van der Waals surface area contributed by atoms with Gasteiger partial charge in [-0.3, -0.25) is 0 Å². The molecule has 0 bridgehead atoms. The Morgan fingerprint density at radius 2 is 2.19 bits per heavy atom. The van der Waals surface area contributed by atoms with E-state index in [-0.39, 0.29) is 4.99 Å². The molecular formula is C9H8ClN5S. The molecule has 2 aromatic rings. The third-order valence-corrected chi connectivity index (χ3v) is 2.54. The molecule has 2 heterocycles. The first-order chi connectivity index (χ1) is 7.58. The van der Waals surface area contributed by atoms with Gasteiger partial charge < -0.3 is 5.73 Å². The van der Waals surface area contributed by atoms with Gasteiger partial charge in [0.1, 0.15) is 10.7 Å². The molecule has 5 nitrogen and oxygen atoms in total. The van der Waals surface area contributed by atoms with Crippen LogP contribution >= 0.6 is 23.8 Å². The Labute approximate surface area is 102 Å². The largest absolute Gasteiger partial charge is 0.388 e. The topological polar surface area (TPSA) is 69.6 Å². The van der Waals surface area contributed by atoms with E-state index in [1.54, 1.807) is 10.9 Å². The zero-order valence-corrected chi connectivity index (χ0v) is 9.96. The van der Waals surface area contributed by atoms with Gasteiger partial charge in [0.25, 0.3) is 0 Å². The maximum atomic E-state index is 5.89. The summed E-state index contributed by atoms with van der Waals surface area (Å²) >= 11 is 10.7. The SMILES string of the molecule is Cc1nn(-c2cnc(C(N)=S)cn2)cc1Cl. The van der Waals surface area contributed by atoms with Gasteiger partial charge in [-0.2, -0.15) is 5.10 Å². The van der Waals surface area contributed by atoms with E-state index in [9.17, 15) is 0 Å². The van der Waals surface area contributed by atoms with Crippen molar-refractivity contribution in [1.29, 1.82) is 0 Å². The van der Waals surface area contributed by atoms with E-state index in [2.05, 4.69) is 15.1 Å². The molecule has 0 amide bonds. The quantitative estimate of drug-likeness (QED) is 0.816. The lowest BCUT2D eigenvalue weighted by molar-refractivity contribution is 0.823. The third kappa shape index (κ3) is 2.02. The van der Waals surface area contributed by atoms with Crippen LogP contribution in [0.4, 0.5) is 0 Å². The number of hydrogen-bond acceptors (Lipinski definition) is 4. The van der Waals surface area contributed by atoms with Crippen LogP contribution in [0, 0.1) is 6.92 Å². The first-order valence-electron chi connectivity index (χ1n) is 4.42. The minimum atomic E-state index is 0.216. The molecule has 0 saturated heterocycles. The summed E-state index contributed by atoms with van der Waals surface area (Å²) < 4.78 is 1.55. The highest BCUT2D eigenvalue weighted by Gasteiger charge is 2.06. The number of hydrogen-bond donors (Lipinski definition) is 1. The van der Waals surface area contributed by atoms with Crippen molar-refractivity contribution in [2.24, 2.45) is 5.73 Å². The molecule has 0 aromatic carbocycles. The van der Waals surface area contributed by atoms with Crippen molar-refractivity contribution in [2.45, 2.75) is 6.92 Å². The molecule has 0 atom stereocenters. The third-order valence-electron chi connectivity index (χ3n) is 1.96. The van der Waals surface area contributed by atoms with Gasteiger partial charge >= 0.3 is 0 Å². The summed E-state index contributed by atoms with van der Waals surface area (Å²) in [5.41, 5.74) is 6.63. The summed E-state index contributed by atoms with van der Waals surface area (Å²) in [6.07, 6.45) is 4.71. The van der Waals surface area contributed by atoms with Gasteiger partial charge in [-0.25, -0.2) is 14.6 Å². The van der Waals surface area contributed by atoms with Gasteiger partial charge in [0.2, 0.25) is 0 Å². The molecule has 0 radical (unpaired) electrons. The van der Waals surface area contributed by atoms with Gasteiger partial charge in [0.05, 0.1) is 29.3 Å². The van der Waals surface area contributed by atoms with Crippen molar-refractivity contribution in [3.63, 3.8) is 0 Å². The molecule has 0 spiro atoms. The second kappa shape index (κ2) is 4.15. The van der Waals surface area contributed by atoms with Crippen LogP contribution in [-0.2, 0) is 0 Å². The molecule has 2 aromatic heterocycles. The molecule has 0 fully saturated rings. The summed E-state index contributed by atoms with van der Waals surface area (Å²) in [5, 5.41) is 4.76. The van der Waals surface area contributed by atoms with E-state index in [0.29, 0.717) is 16.5 Å². The summed E-state index contributed by atoms with van der Waals surface area (Å²) in [6, 6.07) is 0. The van der Waals surface area contributed by atoms with Crippen molar-refractivity contribution in [1.82, 2.24) is 19.7 Å². The normalized spacial score (nSPS) is 10.4. The molecule has 0 aliphatic carbocycles. The van der Waals surface area contributed by atoms with E-state index in [4.69, 9.17) is 29.6 Å². The van der Waals surface area contributed by atoms with Gasteiger partial charge in [-0.15, -0.1) is 0 Å². The van der Waals surface area contributed by atoms with Crippen molar-refractivity contribution in [3.05, 3.63) is 35.0 Å². The first kappa shape index (κ1) is 11.0. The molecule has 2 rings (SSSR count). The Morgan fingerprint density at radius 3 is 2.62 bits per heavy atom. The van der Waals surface area contributed by atoms with E-state index < -0.39 is 0 Å². The average molecular weight is 254 g/mol. The number of halogens is 1. The number of aromatic nitrogens is 4. The Balaban J connectivity index is 2.38. The summed E-state index contributed by atoms with van der Waals surface area (Å²) in [6.45, 7) is 1.82. The standard InChI is InChI=1S/C9H8ClN5S/c1-5-6(10)4-15(14-5)8-3-12-7(2-13-8)9(11)16/h2-4H,1H3,(H2,11,16). The Kier molecular flexibility index (Phi) is 2.84. The van der Waals surface area contributed by atoms with Crippen LogP contribution in [0.2, 0.25) is 5.02 Å². The molecule has 16 heavy (non-hydrogen) atoms. The van der Waals surface area contributed by atoms with Crippen LogP contribution in [0.25, 0.3) is 5.82 Å². The minimum Gasteiger partial charge on any atom is -0.388 e. The van der Waals surface area contributed by atoms with Gasteiger partial charge in [-0.1, -0.05) is 23.8 Å². The first-order valence-corrected chi connectivity index (χ1v) is 5.20. The Bertz CT molecular complexity index is 514. The lowest BCUT2D eigenvalue weighted by Crippen LogP contribution is -2.12. The maximum absolute atomic E-state index is 5.89. The van der Waals surface area contributed by atoms with Crippen molar-refractivity contribution >= 4 is 28.8 Å². The molecule has 0 aliphatic heterocycles. The molecule has 0 aliphatic rings. The number of thiocarbonyl (C=S) groups is 1. The number of nitrogens with two attached hydrogens (primary N) is 1. The fraction of sp³-hybridized carbons (Fsp3) is 0.111. The zero-order valence-electron chi connectivity index (χ0n) is 8.38. The minimum absolute atomic E-state index is 0.216. The lowest BCUT2D eigenvalue weighted by Gasteiger charge is -2.00. The molecule has 7 heteroatoms. The Hall–Kier alpha value is -1.53. The smallest absolute Gasteiger partial charge is 0.171 e. The molecule has 82 valence electrons. The summed E-state index contributed by atoms with van der Waals surface area (Å²) in [5.74, 6) is 0.565. The molecule has 0 unspecified atom stereocenters. The zero-order chi connectivity index (χ0) is 11.7. The van der Waals surface area contributed by atoms with Crippen LogP contribution in [0.5, 0.6) is 0 Å². The maximum Gasteiger partial charge on any atom is 0.171 e. The highest BCUT2D eigenvalue weighted by atomic mass is 35.5. The van der Waals surface area contributed by atoms with E-state index >= 15 is 0 Å². The summed E-state index contributed by atoms with van der Waals surface area (Å²) in [7, 11) is 0. The number of rotatable bonds is 2. The van der Waals surface area contributed by atoms with Gasteiger partial charge in [-0.05, 0) is 6.92 Å². The Morgan fingerprint density at radius 1 is 1.44 bits per heavy atom. The molecular weight excluding hydrogens is 246 g/mol. The second-order valence-electron chi connectivity index (χ2n) is 3.13. The van der Waals surface area contributed by atoms with Crippen LogP contribution < -0.4 is 5.73 Å². The lowest BCUT2D eigenvalue weighted by atomic mass is 10.4. The van der Waals surface area contributed by atoms with Crippen LogP contribution in [0.1, 0.15) is 11.4 Å². The van der Waals surface area contributed by atoms with Gasteiger partial charge in [0, 0.05) is 0 Å². The monoisotopic (exact) mass is 253 g/mol. The highest BCUT2D eigenvalue weighted by molar-refractivity contribution is 7.80. The van der Waals surface area contributed by atoms with Crippen LogP contribution in [0.15, 0.2) is 18.6 Å². The fourth-order valence-electron chi connectivity index (χ4n) is 1.12.